The zero-order valence-electron chi connectivity index (χ0n) is 16.7. The summed E-state index contributed by atoms with van der Waals surface area (Å²) < 4.78 is 15.9. The highest BCUT2D eigenvalue weighted by Crippen LogP contribution is 2.27. The van der Waals surface area contributed by atoms with Gasteiger partial charge in [0.1, 0.15) is 16.9 Å². The van der Waals surface area contributed by atoms with Crippen LogP contribution in [-0.4, -0.2) is 37.8 Å². The van der Waals surface area contributed by atoms with Crippen LogP contribution >= 0.6 is 0 Å². The van der Waals surface area contributed by atoms with Crippen LogP contribution in [0.3, 0.4) is 0 Å². The van der Waals surface area contributed by atoms with E-state index >= 15 is 0 Å². The zero-order chi connectivity index (χ0) is 19.7. The predicted octanol–water partition coefficient (Wildman–Crippen LogP) is 4.18. The SMILES string of the molecule is CCCCC[C@](C)(OC)C(=O)Nc1ccc(OC(C)C)c(C(=O)OC)c1. The molecule has 146 valence electrons. The summed E-state index contributed by atoms with van der Waals surface area (Å²) in [5.74, 6) is -0.346. The van der Waals surface area contributed by atoms with Crippen molar-refractivity contribution in [2.45, 2.75) is 65.1 Å². The summed E-state index contributed by atoms with van der Waals surface area (Å²) >= 11 is 0. The van der Waals surface area contributed by atoms with Gasteiger partial charge in [0.05, 0.1) is 13.2 Å². The molecular formula is C20H31NO5. The lowest BCUT2D eigenvalue weighted by atomic mass is 9.96. The van der Waals surface area contributed by atoms with Gasteiger partial charge in [0.25, 0.3) is 5.91 Å². The maximum Gasteiger partial charge on any atom is 0.341 e. The molecule has 1 atom stereocenters. The van der Waals surface area contributed by atoms with E-state index in [9.17, 15) is 9.59 Å². The van der Waals surface area contributed by atoms with Gasteiger partial charge in [-0.05, 0) is 45.4 Å². The third-order valence-electron chi connectivity index (χ3n) is 4.19. The van der Waals surface area contributed by atoms with Gasteiger partial charge in [-0.1, -0.05) is 26.2 Å². The van der Waals surface area contributed by atoms with Gasteiger partial charge in [-0.2, -0.15) is 0 Å². The highest BCUT2D eigenvalue weighted by atomic mass is 16.5. The summed E-state index contributed by atoms with van der Waals surface area (Å²) in [6.45, 7) is 7.63. The lowest BCUT2D eigenvalue weighted by Crippen LogP contribution is -2.42. The van der Waals surface area contributed by atoms with Crippen molar-refractivity contribution in [3.63, 3.8) is 0 Å². The molecule has 0 heterocycles. The maximum absolute atomic E-state index is 12.7. The Hall–Kier alpha value is -2.08. The highest BCUT2D eigenvalue weighted by Gasteiger charge is 2.32. The lowest BCUT2D eigenvalue weighted by molar-refractivity contribution is -0.136. The van der Waals surface area contributed by atoms with Crippen LogP contribution in [0.4, 0.5) is 5.69 Å². The second-order valence-corrected chi connectivity index (χ2v) is 6.72. The van der Waals surface area contributed by atoms with E-state index in [1.165, 1.54) is 14.2 Å². The number of anilines is 1. The molecule has 26 heavy (non-hydrogen) atoms. The van der Waals surface area contributed by atoms with Crippen molar-refractivity contribution in [2.24, 2.45) is 0 Å². The number of unbranched alkanes of at least 4 members (excludes halogenated alkanes) is 2. The number of rotatable bonds is 10. The molecule has 6 nitrogen and oxygen atoms in total. The molecule has 0 fully saturated rings. The van der Waals surface area contributed by atoms with Crippen molar-refractivity contribution in [3.05, 3.63) is 23.8 Å². The Bertz CT molecular complexity index is 614. The van der Waals surface area contributed by atoms with Crippen LogP contribution in [0.5, 0.6) is 5.75 Å². The van der Waals surface area contributed by atoms with Gasteiger partial charge in [-0.3, -0.25) is 4.79 Å². The number of nitrogens with one attached hydrogen (secondary N) is 1. The Morgan fingerprint density at radius 2 is 1.88 bits per heavy atom. The number of benzene rings is 1. The van der Waals surface area contributed by atoms with Gasteiger partial charge in [0.15, 0.2) is 0 Å². The fraction of sp³-hybridized carbons (Fsp3) is 0.600. The summed E-state index contributed by atoms with van der Waals surface area (Å²) in [5.41, 5.74) is -0.164. The lowest BCUT2D eigenvalue weighted by Gasteiger charge is -2.27. The molecule has 0 radical (unpaired) electrons. The Kier molecular flexibility index (Phi) is 8.58. The molecule has 0 aliphatic rings. The number of amides is 1. The van der Waals surface area contributed by atoms with Crippen LogP contribution < -0.4 is 10.1 Å². The number of esters is 1. The number of carbonyl (C=O) groups is 2. The van der Waals surface area contributed by atoms with E-state index in [-0.39, 0.29) is 17.6 Å². The molecular weight excluding hydrogens is 334 g/mol. The highest BCUT2D eigenvalue weighted by molar-refractivity contribution is 5.99. The number of carbonyl (C=O) groups excluding carboxylic acids is 2. The average molecular weight is 365 g/mol. The van der Waals surface area contributed by atoms with E-state index in [4.69, 9.17) is 14.2 Å². The summed E-state index contributed by atoms with van der Waals surface area (Å²) in [4.78, 5) is 24.7. The third-order valence-corrected chi connectivity index (χ3v) is 4.19. The number of methoxy groups -OCH3 is 2. The number of hydrogen-bond acceptors (Lipinski definition) is 5. The summed E-state index contributed by atoms with van der Waals surface area (Å²) in [6.07, 6.45) is 3.56. The molecule has 0 unspecified atom stereocenters. The summed E-state index contributed by atoms with van der Waals surface area (Å²) in [6, 6.07) is 4.91. The van der Waals surface area contributed by atoms with Crippen molar-refractivity contribution >= 4 is 17.6 Å². The van der Waals surface area contributed by atoms with Crippen LogP contribution in [0.15, 0.2) is 18.2 Å². The second kappa shape index (κ2) is 10.2. The Morgan fingerprint density at radius 1 is 1.19 bits per heavy atom. The van der Waals surface area contributed by atoms with Gasteiger partial charge in [-0.15, -0.1) is 0 Å². The summed E-state index contributed by atoms with van der Waals surface area (Å²) in [7, 11) is 2.84. The number of hydrogen-bond donors (Lipinski definition) is 1. The third kappa shape index (κ3) is 6.02. The normalized spacial score (nSPS) is 13.2. The van der Waals surface area contributed by atoms with Gasteiger partial charge in [0, 0.05) is 12.8 Å². The van der Waals surface area contributed by atoms with E-state index in [1.54, 1.807) is 25.1 Å². The smallest absolute Gasteiger partial charge is 0.341 e. The molecule has 6 heteroatoms. The molecule has 0 saturated carbocycles. The van der Waals surface area contributed by atoms with Gasteiger partial charge in [0.2, 0.25) is 0 Å². The molecule has 1 N–H and O–H groups in total. The van der Waals surface area contributed by atoms with Crippen LogP contribution in [0.2, 0.25) is 0 Å². The van der Waals surface area contributed by atoms with Crippen molar-refractivity contribution in [2.75, 3.05) is 19.5 Å². The first-order valence-electron chi connectivity index (χ1n) is 9.03. The van der Waals surface area contributed by atoms with Gasteiger partial charge >= 0.3 is 5.97 Å². The minimum absolute atomic E-state index is 0.0887. The fourth-order valence-electron chi connectivity index (χ4n) is 2.52. The van der Waals surface area contributed by atoms with E-state index < -0.39 is 11.6 Å². The molecule has 0 spiro atoms. The topological polar surface area (TPSA) is 73.9 Å². The van der Waals surface area contributed by atoms with Gasteiger partial charge < -0.3 is 19.5 Å². The molecule has 1 amide bonds. The molecule has 1 rings (SSSR count). The molecule has 1 aromatic rings. The van der Waals surface area contributed by atoms with E-state index in [2.05, 4.69) is 12.2 Å². The van der Waals surface area contributed by atoms with Crippen LogP contribution in [-0.2, 0) is 14.3 Å². The molecule has 0 saturated heterocycles. The van der Waals surface area contributed by atoms with Crippen molar-refractivity contribution in [1.82, 2.24) is 0 Å². The largest absolute Gasteiger partial charge is 0.490 e. The molecule has 0 aliphatic carbocycles. The van der Waals surface area contributed by atoms with Crippen LogP contribution in [0.1, 0.15) is 63.7 Å². The summed E-state index contributed by atoms with van der Waals surface area (Å²) in [5, 5.41) is 2.83. The quantitative estimate of drug-likeness (QED) is 0.497. The Morgan fingerprint density at radius 3 is 2.42 bits per heavy atom. The first kappa shape index (κ1) is 22.0. The Balaban J connectivity index is 3.00. The standard InChI is InChI=1S/C20H31NO5/c1-7-8-9-12-20(4,25-6)19(23)21-15-10-11-17(26-14(2)3)16(13-15)18(22)24-5/h10-11,13-14H,7-9,12H2,1-6H3,(H,21,23)/t20-/m0/s1. The van der Waals surface area contributed by atoms with E-state index in [0.717, 1.165) is 19.3 Å². The van der Waals surface area contributed by atoms with Crippen LogP contribution in [0, 0.1) is 0 Å². The number of ether oxygens (including phenoxy) is 3. The van der Waals surface area contributed by atoms with Crippen molar-refractivity contribution in [3.8, 4) is 5.75 Å². The second-order valence-electron chi connectivity index (χ2n) is 6.72. The average Bonchev–Trinajstić information content (AvgIpc) is 2.61. The first-order chi connectivity index (χ1) is 12.3. The first-order valence-corrected chi connectivity index (χ1v) is 9.03. The fourth-order valence-corrected chi connectivity index (χ4v) is 2.52. The Labute approximate surface area is 156 Å². The van der Waals surface area contributed by atoms with E-state index in [0.29, 0.717) is 17.9 Å². The van der Waals surface area contributed by atoms with Crippen molar-refractivity contribution < 1.29 is 23.8 Å². The molecule has 0 aromatic heterocycles. The van der Waals surface area contributed by atoms with Crippen molar-refractivity contribution in [1.29, 1.82) is 0 Å². The maximum atomic E-state index is 12.7. The molecule has 0 bridgehead atoms. The monoisotopic (exact) mass is 365 g/mol. The zero-order valence-corrected chi connectivity index (χ0v) is 16.7. The molecule has 1 aromatic carbocycles. The van der Waals surface area contributed by atoms with E-state index in [1.807, 2.05) is 13.8 Å². The molecule has 0 aliphatic heterocycles. The van der Waals surface area contributed by atoms with Crippen LogP contribution in [0.25, 0.3) is 0 Å². The minimum atomic E-state index is -0.923. The predicted molar refractivity (Wildman–Crippen MR) is 102 cm³/mol. The minimum Gasteiger partial charge on any atom is -0.490 e. The van der Waals surface area contributed by atoms with Gasteiger partial charge in [-0.25, -0.2) is 4.79 Å².